The topological polar surface area (TPSA) is 95.3 Å². The Morgan fingerprint density at radius 3 is 2.65 bits per heavy atom. The molecule has 0 saturated carbocycles. The second kappa shape index (κ2) is 14.9. The van der Waals surface area contributed by atoms with Crippen molar-refractivity contribution in [2.75, 3.05) is 12.0 Å². The molecule has 2 aromatic heterocycles. The highest BCUT2D eigenvalue weighted by atomic mass is 32.2. The smallest absolute Gasteiger partial charge is 0.329 e. The molecule has 1 N–H and O–H groups in total. The molecule has 1 aliphatic carbocycles. The van der Waals surface area contributed by atoms with Gasteiger partial charge in [0, 0.05) is 24.0 Å². The number of nitrogens with one attached hydrogen (secondary N) is 1. The third kappa shape index (κ3) is 9.35. The summed E-state index contributed by atoms with van der Waals surface area (Å²) in [6.45, 7) is 5.85. The molecule has 11 heteroatoms. The molecule has 8 nitrogen and oxygen atoms in total. The second-order valence-corrected chi connectivity index (χ2v) is 13.3. The third-order valence-electron chi connectivity index (χ3n) is 6.96. The molecule has 0 aliphatic heterocycles. The van der Waals surface area contributed by atoms with E-state index in [1.807, 2.05) is 46.7 Å². The molecule has 1 amide bonds. The molecular weight excluding hydrogens is 588 g/mol. The van der Waals surface area contributed by atoms with E-state index in [2.05, 4.69) is 15.3 Å². The number of imidazole rings is 1. The van der Waals surface area contributed by atoms with E-state index in [-0.39, 0.29) is 11.7 Å². The summed E-state index contributed by atoms with van der Waals surface area (Å²) in [5, 5.41) is 5.65. The molecule has 230 valence electrons. The minimum atomic E-state index is -1.10. The number of allylic oxidation sites excluding steroid dienone is 2. The number of nitrogens with zero attached hydrogens (tertiary/aromatic N) is 3. The number of carbonyl (C=O) groups is 2. The quantitative estimate of drug-likeness (QED) is 0.222. The van der Waals surface area contributed by atoms with Crippen LogP contribution in [0.15, 0.2) is 78.9 Å². The molecule has 4 atom stereocenters. The molecule has 3 aromatic rings. The Kier molecular flexibility index (Phi) is 11.3. The lowest BCUT2D eigenvalue weighted by atomic mass is 9.78. The minimum absolute atomic E-state index is 0.310. The van der Waals surface area contributed by atoms with Crippen LogP contribution < -0.4 is 5.32 Å². The van der Waals surface area contributed by atoms with Crippen molar-refractivity contribution in [1.29, 1.82) is 0 Å². The Bertz CT molecular complexity index is 1370. The predicted octanol–water partition coefficient (Wildman–Crippen LogP) is 5.93. The van der Waals surface area contributed by atoms with E-state index >= 15 is 0 Å². The molecule has 3 unspecified atom stereocenters. The summed E-state index contributed by atoms with van der Waals surface area (Å²) in [5.74, 6) is -1.20. The van der Waals surface area contributed by atoms with Crippen molar-refractivity contribution in [3.05, 3.63) is 95.3 Å². The molecule has 43 heavy (non-hydrogen) atoms. The van der Waals surface area contributed by atoms with Gasteiger partial charge in [-0.15, -0.1) is 11.3 Å². The summed E-state index contributed by atoms with van der Waals surface area (Å²) >= 11 is 3.07. The highest BCUT2D eigenvalue weighted by molar-refractivity contribution is 7.98. The first kappa shape index (κ1) is 32.6. The average Bonchev–Trinajstić information content (AvgIpc) is 3.69. The molecule has 2 heterocycles. The molecule has 0 spiro atoms. The molecular formula is C32H39FN4O4S2. The highest BCUT2D eigenvalue weighted by Gasteiger charge is 2.45. The summed E-state index contributed by atoms with van der Waals surface area (Å²) < 4.78 is 28.2. The molecule has 0 bridgehead atoms. The minimum Gasteiger partial charge on any atom is -0.458 e. The lowest BCUT2D eigenvalue weighted by molar-refractivity contribution is -0.160. The van der Waals surface area contributed by atoms with Crippen LogP contribution in [0.2, 0.25) is 0 Å². The van der Waals surface area contributed by atoms with Crippen LogP contribution in [0.3, 0.4) is 0 Å². The number of aromatic nitrogens is 3. The first-order valence-electron chi connectivity index (χ1n) is 14.2. The first-order valence-corrected chi connectivity index (χ1v) is 16.5. The van der Waals surface area contributed by atoms with Crippen molar-refractivity contribution in [2.24, 2.45) is 5.92 Å². The highest BCUT2D eigenvalue weighted by Crippen LogP contribution is 2.39. The standard InChI is InChI=1S/C32H39FN4O4S2/c1-31(2,3)41-30(39)26(13-19-42-4)36-28(38)25-7-5-6-14-32(25,15-12-23-8-10-24(33)11-9-23)40-27(29-35-17-20-43-29)21-37-18-16-34-22-37/h5-11,14,16-18,20,22,25-27H,12-13,15,19,21H2,1-4H3,(H,36,38)/t25?,26-,27?,32?/m0/s1. The number of aryl methyl sites for hydroxylation is 1. The number of esters is 1. The van der Waals surface area contributed by atoms with Crippen LogP contribution in [0.5, 0.6) is 0 Å². The summed E-state index contributed by atoms with van der Waals surface area (Å²) in [6, 6.07) is 5.53. The molecule has 4 rings (SSSR count). The molecule has 0 radical (unpaired) electrons. The number of carbonyl (C=O) groups excluding carboxylic acids is 2. The van der Waals surface area contributed by atoms with Gasteiger partial charge >= 0.3 is 5.97 Å². The Morgan fingerprint density at radius 2 is 2.00 bits per heavy atom. The van der Waals surface area contributed by atoms with Crippen LogP contribution in [0.4, 0.5) is 4.39 Å². The van der Waals surface area contributed by atoms with Gasteiger partial charge in [-0.1, -0.05) is 36.4 Å². The van der Waals surface area contributed by atoms with Crippen molar-refractivity contribution in [3.8, 4) is 0 Å². The van der Waals surface area contributed by atoms with E-state index in [4.69, 9.17) is 9.47 Å². The van der Waals surface area contributed by atoms with Crippen molar-refractivity contribution in [3.63, 3.8) is 0 Å². The summed E-state index contributed by atoms with van der Waals surface area (Å²) in [4.78, 5) is 36.0. The maximum absolute atomic E-state index is 14.1. The number of thioether (sulfide) groups is 1. The number of ether oxygens (including phenoxy) is 2. The maximum atomic E-state index is 14.1. The fraction of sp³-hybridized carbons (Fsp3) is 0.438. The molecule has 1 aliphatic rings. The zero-order chi connectivity index (χ0) is 30.9. The third-order valence-corrected chi connectivity index (χ3v) is 8.47. The average molecular weight is 627 g/mol. The Labute approximate surface area is 260 Å². The maximum Gasteiger partial charge on any atom is 0.329 e. The van der Waals surface area contributed by atoms with Gasteiger partial charge in [0.05, 0.1) is 18.8 Å². The van der Waals surface area contributed by atoms with Gasteiger partial charge in [0.2, 0.25) is 5.91 Å². The number of rotatable bonds is 14. The summed E-state index contributed by atoms with van der Waals surface area (Å²) in [5.41, 5.74) is -0.871. The SMILES string of the molecule is CSCC[C@H](NC(=O)C1C=CC=CC1(CCc1ccc(F)cc1)OC(Cn1ccnc1)c1nccs1)C(=O)OC(C)(C)C. The zero-order valence-corrected chi connectivity index (χ0v) is 26.6. The number of thiazole rings is 1. The van der Waals surface area contributed by atoms with Gasteiger partial charge in [-0.05, 0) is 69.7 Å². The fourth-order valence-electron chi connectivity index (χ4n) is 4.90. The van der Waals surface area contributed by atoms with Crippen molar-refractivity contribution < 1.29 is 23.5 Å². The van der Waals surface area contributed by atoms with Gasteiger partial charge in [0.15, 0.2) is 0 Å². The Hall–Kier alpha value is -3.28. The van der Waals surface area contributed by atoms with E-state index in [9.17, 15) is 14.0 Å². The van der Waals surface area contributed by atoms with Crippen LogP contribution in [0, 0.1) is 11.7 Å². The van der Waals surface area contributed by atoms with Gasteiger partial charge in [0.1, 0.15) is 34.2 Å². The first-order chi connectivity index (χ1) is 20.6. The van der Waals surface area contributed by atoms with Crippen LogP contribution in [0.25, 0.3) is 0 Å². The van der Waals surface area contributed by atoms with E-state index in [0.717, 1.165) is 10.6 Å². The number of benzene rings is 1. The van der Waals surface area contributed by atoms with E-state index in [1.165, 1.54) is 23.5 Å². The van der Waals surface area contributed by atoms with E-state index in [0.29, 0.717) is 31.6 Å². The van der Waals surface area contributed by atoms with Gasteiger partial charge in [-0.25, -0.2) is 19.2 Å². The number of amides is 1. The monoisotopic (exact) mass is 626 g/mol. The van der Waals surface area contributed by atoms with Gasteiger partial charge in [0.25, 0.3) is 0 Å². The van der Waals surface area contributed by atoms with Crippen molar-refractivity contribution >= 4 is 35.0 Å². The second-order valence-electron chi connectivity index (χ2n) is 11.4. The van der Waals surface area contributed by atoms with Gasteiger partial charge in [-0.3, -0.25) is 4.79 Å². The van der Waals surface area contributed by atoms with Crippen molar-refractivity contribution in [2.45, 2.75) is 69.9 Å². The van der Waals surface area contributed by atoms with Crippen molar-refractivity contribution in [1.82, 2.24) is 19.9 Å². The fourth-order valence-corrected chi connectivity index (χ4v) is 6.03. The number of halogens is 1. The Morgan fingerprint density at radius 1 is 1.21 bits per heavy atom. The summed E-state index contributed by atoms with van der Waals surface area (Å²) in [6.07, 6.45) is 17.3. The largest absolute Gasteiger partial charge is 0.458 e. The lowest BCUT2D eigenvalue weighted by Crippen LogP contribution is -2.53. The van der Waals surface area contributed by atoms with Crippen LogP contribution >= 0.6 is 23.1 Å². The van der Waals surface area contributed by atoms with Gasteiger partial charge < -0.3 is 19.4 Å². The summed E-state index contributed by atoms with van der Waals surface area (Å²) in [7, 11) is 0. The van der Waals surface area contributed by atoms with Crippen LogP contribution in [0.1, 0.15) is 50.3 Å². The van der Waals surface area contributed by atoms with Crippen LogP contribution in [-0.2, 0) is 32.0 Å². The Balaban J connectivity index is 1.67. The number of hydrogen-bond donors (Lipinski definition) is 1. The number of hydrogen-bond acceptors (Lipinski definition) is 8. The van der Waals surface area contributed by atoms with Crippen LogP contribution in [-0.4, -0.2) is 55.7 Å². The normalized spacial score (nSPS) is 19.6. The molecule has 1 aromatic carbocycles. The van der Waals surface area contributed by atoms with Gasteiger partial charge in [-0.2, -0.15) is 11.8 Å². The predicted molar refractivity (Wildman–Crippen MR) is 168 cm³/mol. The molecule has 0 saturated heterocycles. The van der Waals surface area contributed by atoms with E-state index in [1.54, 1.807) is 63.4 Å². The lowest BCUT2D eigenvalue weighted by Gasteiger charge is -2.41. The molecule has 0 fully saturated rings. The zero-order valence-electron chi connectivity index (χ0n) is 24.9. The van der Waals surface area contributed by atoms with E-state index < -0.39 is 35.2 Å².